The fourth-order valence-corrected chi connectivity index (χ4v) is 6.65. The number of carbonyl (C=O) groups excluding carboxylic acids is 2. The topological polar surface area (TPSA) is 61.9 Å². The molecule has 3 aliphatic rings. The van der Waals surface area contributed by atoms with Crippen LogP contribution in [0.4, 0.5) is 10.5 Å². The number of halogens is 1. The number of methoxy groups -OCH3 is 1. The Morgan fingerprint density at radius 1 is 1.03 bits per heavy atom. The number of fused-ring (bicyclic) bond motifs is 1. The second-order valence-corrected chi connectivity index (χ2v) is 10.7. The number of hydrogen-bond donors (Lipinski definition) is 1. The number of nitrogens with one attached hydrogen (secondary N) is 1. The van der Waals surface area contributed by atoms with Crippen molar-refractivity contribution in [2.75, 3.05) is 31.6 Å². The number of ether oxygens (including phenoxy) is 1. The first-order valence-corrected chi connectivity index (χ1v) is 13.6. The number of hydrogen-bond acceptors (Lipinski definition) is 4. The summed E-state index contributed by atoms with van der Waals surface area (Å²) < 4.78 is 4.98. The summed E-state index contributed by atoms with van der Waals surface area (Å²) in [7, 11) is 1.44. The maximum Gasteiger partial charge on any atom is 0.322 e. The van der Waals surface area contributed by atoms with Gasteiger partial charge in [0, 0.05) is 38.3 Å². The molecule has 2 aliphatic heterocycles. The molecule has 6 nitrogen and oxygen atoms in total. The molecule has 0 bridgehead atoms. The van der Waals surface area contributed by atoms with E-state index in [2.05, 4.69) is 58.7 Å². The molecule has 7 heteroatoms. The van der Waals surface area contributed by atoms with Crippen LogP contribution < -0.4 is 10.2 Å². The summed E-state index contributed by atoms with van der Waals surface area (Å²) in [5.74, 6) is 0.181. The van der Waals surface area contributed by atoms with E-state index >= 15 is 0 Å². The van der Waals surface area contributed by atoms with Crippen molar-refractivity contribution in [1.82, 2.24) is 10.2 Å². The van der Waals surface area contributed by atoms with Crippen LogP contribution in [0.15, 0.2) is 48.5 Å². The second-order valence-electron chi connectivity index (χ2n) is 10.7. The summed E-state index contributed by atoms with van der Waals surface area (Å²) in [5, 5.41) is 3.15. The summed E-state index contributed by atoms with van der Waals surface area (Å²) >= 11 is 0. The Morgan fingerprint density at radius 3 is 2.49 bits per heavy atom. The van der Waals surface area contributed by atoms with E-state index in [0.717, 1.165) is 51.0 Å². The summed E-state index contributed by atoms with van der Waals surface area (Å²) in [4.78, 5) is 30.0. The molecule has 1 N–H and O–H groups in total. The number of esters is 1. The van der Waals surface area contributed by atoms with Gasteiger partial charge in [-0.2, -0.15) is 0 Å². The molecule has 2 aromatic carbocycles. The molecule has 2 heterocycles. The lowest BCUT2D eigenvalue weighted by molar-refractivity contribution is -0.141. The van der Waals surface area contributed by atoms with Gasteiger partial charge >= 0.3 is 12.0 Å². The summed E-state index contributed by atoms with van der Waals surface area (Å²) in [5.41, 5.74) is 4.65. The number of benzene rings is 2. The van der Waals surface area contributed by atoms with Gasteiger partial charge in [0.1, 0.15) is 0 Å². The highest BCUT2D eigenvalue weighted by molar-refractivity contribution is 14.0. The summed E-state index contributed by atoms with van der Waals surface area (Å²) in [6.45, 7) is 3.61. The van der Waals surface area contributed by atoms with Gasteiger partial charge in [0.25, 0.3) is 0 Å². The fraction of sp³-hybridized carbons (Fsp3) is 0.533. The molecule has 1 saturated heterocycles. The first kappa shape index (κ1) is 27.9. The molecule has 1 atom stereocenters. The van der Waals surface area contributed by atoms with E-state index in [1.54, 1.807) is 0 Å². The van der Waals surface area contributed by atoms with Gasteiger partial charge in [0.05, 0.1) is 12.6 Å². The van der Waals surface area contributed by atoms with Gasteiger partial charge in [-0.3, -0.25) is 14.6 Å². The Bertz CT molecular complexity index is 1070. The molecule has 5 rings (SSSR count). The van der Waals surface area contributed by atoms with Crippen LogP contribution in [0.25, 0.3) is 0 Å². The van der Waals surface area contributed by atoms with E-state index in [1.165, 1.54) is 43.1 Å². The quantitative estimate of drug-likeness (QED) is 0.320. The lowest BCUT2D eigenvalue weighted by Gasteiger charge is -2.45. The normalized spacial score (nSPS) is 22.5. The summed E-state index contributed by atoms with van der Waals surface area (Å²) in [6.07, 6.45) is 8.79. The van der Waals surface area contributed by atoms with Crippen LogP contribution in [0, 0.1) is 5.92 Å². The van der Waals surface area contributed by atoms with Crippen LogP contribution in [0.3, 0.4) is 0 Å². The first-order valence-electron chi connectivity index (χ1n) is 13.6. The SMILES string of the molecule is COC(=O)CCC1(C2CCCCC2)CNC(=O)N1c1ccc2c(c1)CCN(Cc1ccccc1)CC2.I. The lowest BCUT2D eigenvalue weighted by Crippen LogP contribution is -2.54. The first-order chi connectivity index (χ1) is 17.6. The van der Waals surface area contributed by atoms with Crippen molar-refractivity contribution in [2.45, 2.75) is 69.9 Å². The number of amides is 2. The Labute approximate surface area is 238 Å². The highest BCUT2D eigenvalue weighted by atomic mass is 127. The molecule has 2 fully saturated rings. The molecule has 37 heavy (non-hydrogen) atoms. The van der Waals surface area contributed by atoms with Crippen LogP contribution in [-0.4, -0.2) is 49.2 Å². The zero-order chi connectivity index (χ0) is 25.0. The van der Waals surface area contributed by atoms with Gasteiger partial charge in [-0.25, -0.2) is 4.79 Å². The molecule has 2 aromatic rings. The van der Waals surface area contributed by atoms with Crippen molar-refractivity contribution in [2.24, 2.45) is 5.92 Å². The molecule has 200 valence electrons. The third kappa shape index (κ3) is 6.14. The van der Waals surface area contributed by atoms with Crippen molar-refractivity contribution in [1.29, 1.82) is 0 Å². The Morgan fingerprint density at radius 2 is 1.76 bits per heavy atom. The number of carbonyl (C=O) groups is 2. The van der Waals surface area contributed by atoms with E-state index in [1.807, 2.05) is 4.90 Å². The molecular formula is C30H40IN3O3. The van der Waals surface area contributed by atoms with Gasteiger partial charge in [-0.1, -0.05) is 55.7 Å². The maximum absolute atomic E-state index is 13.3. The van der Waals surface area contributed by atoms with Gasteiger partial charge in [-0.15, -0.1) is 24.0 Å². The predicted molar refractivity (Wildman–Crippen MR) is 157 cm³/mol. The Kier molecular flexibility index (Phi) is 9.51. The van der Waals surface area contributed by atoms with Crippen molar-refractivity contribution in [3.05, 3.63) is 65.2 Å². The standard InChI is InChI=1S/C30H39N3O3.HI/c1-36-28(34)14-17-30(26-10-6-3-7-11-26)22-31-29(35)33(30)27-13-12-24-15-18-32(19-16-25(24)20-27)21-23-8-4-2-5-9-23;/h2,4-5,8-9,12-13,20,26H,3,6-7,10-11,14-19,21-22H2,1H3,(H,31,35);1H. The zero-order valence-corrected chi connectivity index (χ0v) is 24.2. The minimum atomic E-state index is -0.385. The van der Waals surface area contributed by atoms with E-state index < -0.39 is 0 Å². The highest BCUT2D eigenvalue weighted by Gasteiger charge is 2.51. The van der Waals surface area contributed by atoms with Gasteiger partial charge < -0.3 is 10.1 Å². The number of rotatable bonds is 7. The van der Waals surface area contributed by atoms with E-state index in [9.17, 15) is 9.59 Å². The maximum atomic E-state index is 13.3. The molecule has 1 aliphatic carbocycles. The molecule has 1 unspecified atom stereocenters. The minimum absolute atomic E-state index is 0. The van der Waals surface area contributed by atoms with Gasteiger partial charge in [0.2, 0.25) is 0 Å². The smallest absolute Gasteiger partial charge is 0.322 e. The number of nitrogens with zero attached hydrogens (tertiary/aromatic N) is 2. The molecule has 2 amide bonds. The Hall–Kier alpha value is -2.13. The fourth-order valence-electron chi connectivity index (χ4n) is 6.65. The van der Waals surface area contributed by atoms with E-state index in [4.69, 9.17) is 4.74 Å². The molecular weight excluding hydrogens is 577 g/mol. The molecule has 1 saturated carbocycles. The largest absolute Gasteiger partial charge is 0.469 e. The average molecular weight is 618 g/mol. The predicted octanol–water partition coefficient (Wildman–Crippen LogP) is 5.71. The Balaban J connectivity index is 0.00000320. The third-order valence-electron chi connectivity index (χ3n) is 8.64. The monoisotopic (exact) mass is 617 g/mol. The van der Waals surface area contributed by atoms with Crippen LogP contribution in [0.2, 0.25) is 0 Å². The summed E-state index contributed by atoms with van der Waals surface area (Å²) in [6, 6.07) is 17.2. The van der Waals surface area contributed by atoms with Crippen molar-refractivity contribution >= 4 is 41.7 Å². The average Bonchev–Trinajstić information content (AvgIpc) is 3.13. The number of urea groups is 1. The van der Waals surface area contributed by atoms with Crippen molar-refractivity contribution in [3.8, 4) is 0 Å². The highest BCUT2D eigenvalue weighted by Crippen LogP contribution is 2.44. The van der Waals surface area contributed by atoms with E-state index in [-0.39, 0.29) is 41.5 Å². The molecule has 0 spiro atoms. The van der Waals surface area contributed by atoms with Crippen molar-refractivity contribution < 1.29 is 14.3 Å². The van der Waals surface area contributed by atoms with Gasteiger partial charge in [-0.05, 0) is 66.8 Å². The van der Waals surface area contributed by atoms with Crippen molar-refractivity contribution in [3.63, 3.8) is 0 Å². The van der Waals surface area contributed by atoms with Gasteiger partial charge in [0.15, 0.2) is 0 Å². The molecule has 0 aromatic heterocycles. The van der Waals surface area contributed by atoms with Crippen LogP contribution in [0.1, 0.15) is 61.6 Å². The molecule has 0 radical (unpaired) electrons. The third-order valence-corrected chi connectivity index (χ3v) is 8.64. The van der Waals surface area contributed by atoms with Crippen LogP contribution >= 0.6 is 24.0 Å². The van der Waals surface area contributed by atoms with Crippen LogP contribution in [0.5, 0.6) is 0 Å². The minimum Gasteiger partial charge on any atom is -0.469 e. The zero-order valence-electron chi connectivity index (χ0n) is 21.9. The number of anilines is 1. The van der Waals surface area contributed by atoms with Crippen LogP contribution in [-0.2, 0) is 28.9 Å². The van der Waals surface area contributed by atoms with E-state index in [0.29, 0.717) is 25.3 Å². The lowest BCUT2D eigenvalue weighted by atomic mass is 9.71. The second kappa shape index (κ2) is 12.6.